The number of anilines is 1. The molecule has 0 saturated carbocycles. The lowest BCUT2D eigenvalue weighted by atomic mass is 10.0. The van der Waals surface area contributed by atoms with Crippen molar-refractivity contribution in [2.24, 2.45) is 0 Å². The van der Waals surface area contributed by atoms with E-state index in [-0.39, 0.29) is 32.4 Å². The molecule has 202 valence electrons. The maximum atomic E-state index is 14.4. The van der Waals surface area contributed by atoms with Gasteiger partial charge >= 0.3 is 0 Å². The van der Waals surface area contributed by atoms with Crippen molar-refractivity contribution in [1.29, 1.82) is 0 Å². The number of hydrogen-bond donors (Lipinski definition) is 0. The third kappa shape index (κ3) is 5.01. The zero-order valence-corrected chi connectivity index (χ0v) is 22.8. The first-order chi connectivity index (χ1) is 19.3. The van der Waals surface area contributed by atoms with E-state index in [0.717, 1.165) is 34.1 Å². The molecule has 40 heavy (non-hydrogen) atoms. The van der Waals surface area contributed by atoms with Gasteiger partial charge in [-0.3, -0.25) is 9.69 Å². The number of thiazole rings is 1. The van der Waals surface area contributed by atoms with Crippen LogP contribution in [-0.2, 0) is 29.5 Å². The van der Waals surface area contributed by atoms with Gasteiger partial charge in [0.1, 0.15) is 11.3 Å². The van der Waals surface area contributed by atoms with Crippen LogP contribution in [0, 0.1) is 11.6 Å². The van der Waals surface area contributed by atoms with Gasteiger partial charge in [-0.05, 0) is 53.4 Å². The summed E-state index contributed by atoms with van der Waals surface area (Å²) in [6.07, 6.45) is 0.632. The van der Waals surface area contributed by atoms with Crippen molar-refractivity contribution in [1.82, 2.24) is 9.29 Å². The lowest BCUT2D eigenvalue weighted by molar-refractivity contribution is 0.0985. The molecule has 1 aliphatic rings. The Labute approximate surface area is 234 Å². The van der Waals surface area contributed by atoms with Gasteiger partial charge in [0.05, 0.1) is 16.1 Å². The fourth-order valence-electron chi connectivity index (χ4n) is 4.80. The number of hydrogen-bond acceptors (Lipinski definition) is 5. The van der Waals surface area contributed by atoms with Crippen LogP contribution < -0.4 is 4.90 Å². The number of benzene rings is 4. The molecule has 0 bridgehead atoms. The van der Waals surface area contributed by atoms with Crippen LogP contribution in [0.3, 0.4) is 0 Å². The summed E-state index contributed by atoms with van der Waals surface area (Å²) in [5, 5.41) is 0.206. The summed E-state index contributed by atoms with van der Waals surface area (Å²) < 4.78 is 56.7. The second-order valence-electron chi connectivity index (χ2n) is 9.49. The monoisotopic (exact) mass is 575 g/mol. The van der Waals surface area contributed by atoms with E-state index in [2.05, 4.69) is 4.98 Å². The summed E-state index contributed by atoms with van der Waals surface area (Å²) >= 11 is 1.01. The van der Waals surface area contributed by atoms with Crippen molar-refractivity contribution in [3.63, 3.8) is 0 Å². The predicted molar refractivity (Wildman–Crippen MR) is 151 cm³/mol. The number of aromatic nitrogens is 1. The number of sulfonamides is 1. The van der Waals surface area contributed by atoms with Crippen molar-refractivity contribution in [2.45, 2.75) is 24.4 Å². The van der Waals surface area contributed by atoms with E-state index < -0.39 is 27.6 Å². The molecule has 2 heterocycles. The second kappa shape index (κ2) is 10.5. The molecule has 6 nitrogen and oxygen atoms in total. The zero-order chi connectivity index (χ0) is 27.9. The third-order valence-electron chi connectivity index (χ3n) is 6.90. The minimum atomic E-state index is -3.77. The summed E-state index contributed by atoms with van der Waals surface area (Å²) in [4.78, 5) is 19.5. The van der Waals surface area contributed by atoms with E-state index in [1.54, 1.807) is 0 Å². The molecule has 1 amide bonds. The molecular weight excluding hydrogens is 552 g/mol. The summed E-state index contributed by atoms with van der Waals surface area (Å²) in [6.45, 7) is 0.801. The minimum Gasteiger partial charge on any atom is -0.279 e. The second-order valence-corrected chi connectivity index (χ2v) is 12.4. The van der Waals surface area contributed by atoms with Crippen LogP contribution in [0.15, 0.2) is 95.9 Å². The standard InChI is InChI=1S/C30H23F2N3O3S2/c31-24-16-26(32)28-27(17-24)39-30(33-28)35(18-20-6-2-1-3-7-20)29(36)22-10-12-25(13-11-22)40(37,38)34-15-14-21-8-4-5-9-23(21)19-34/h1-13,16-17H,14-15,18-19H2. The Bertz CT molecular complexity index is 1820. The Kier molecular flexibility index (Phi) is 6.91. The molecule has 0 N–H and O–H groups in total. The molecule has 0 unspecified atom stereocenters. The molecular formula is C30H23F2N3O3S2. The largest absolute Gasteiger partial charge is 0.279 e. The molecule has 6 rings (SSSR count). The molecule has 1 aromatic heterocycles. The average molecular weight is 576 g/mol. The Morgan fingerprint density at radius 3 is 2.38 bits per heavy atom. The summed E-state index contributed by atoms with van der Waals surface area (Å²) in [5.74, 6) is -1.98. The fourth-order valence-corrected chi connectivity index (χ4v) is 7.22. The summed E-state index contributed by atoms with van der Waals surface area (Å²) in [7, 11) is -3.77. The van der Waals surface area contributed by atoms with Crippen LogP contribution in [0.5, 0.6) is 0 Å². The van der Waals surface area contributed by atoms with Crippen LogP contribution in [0.25, 0.3) is 10.2 Å². The first-order valence-electron chi connectivity index (χ1n) is 12.6. The lowest BCUT2D eigenvalue weighted by Gasteiger charge is -2.28. The van der Waals surface area contributed by atoms with Crippen molar-refractivity contribution >= 4 is 42.6 Å². The Morgan fingerprint density at radius 1 is 0.925 bits per heavy atom. The van der Waals surface area contributed by atoms with Crippen LogP contribution in [0.1, 0.15) is 27.0 Å². The van der Waals surface area contributed by atoms with Gasteiger partial charge in [0.15, 0.2) is 10.9 Å². The Morgan fingerprint density at radius 2 is 1.62 bits per heavy atom. The number of amides is 1. The normalized spacial score (nSPS) is 13.8. The predicted octanol–water partition coefficient (Wildman–Crippen LogP) is 6.17. The van der Waals surface area contributed by atoms with Crippen molar-refractivity contribution < 1.29 is 22.0 Å². The van der Waals surface area contributed by atoms with Gasteiger partial charge in [-0.2, -0.15) is 4.31 Å². The van der Waals surface area contributed by atoms with Gasteiger partial charge < -0.3 is 0 Å². The average Bonchev–Trinajstić information content (AvgIpc) is 3.40. The molecule has 10 heteroatoms. The van der Waals surface area contributed by atoms with Gasteiger partial charge in [-0.15, -0.1) is 0 Å². The first-order valence-corrected chi connectivity index (χ1v) is 14.8. The topological polar surface area (TPSA) is 70.6 Å². The minimum absolute atomic E-state index is 0.0168. The Balaban J connectivity index is 1.30. The molecule has 1 aliphatic heterocycles. The molecule has 5 aromatic rings. The van der Waals surface area contributed by atoms with Crippen molar-refractivity contribution in [2.75, 3.05) is 11.4 Å². The summed E-state index contributed by atoms with van der Waals surface area (Å²) in [6, 6.07) is 24.8. The number of fused-ring (bicyclic) bond motifs is 2. The quantitative estimate of drug-likeness (QED) is 0.243. The van der Waals surface area contributed by atoms with E-state index >= 15 is 0 Å². The zero-order valence-electron chi connectivity index (χ0n) is 21.1. The Hall–Kier alpha value is -3.99. The molecule has 0 saturated heterocycles. The van der Waals surface area contributed by atoms with E-state index in [1.165, 1.54) is 39.5 Å². The highest BCUT2D eigenvalue weighted by Gasteiger charge is 2.29. The third-order valence-corrected chi connectivity index (χ3v) is 9.78. The fraction of sp³-hybridized carbons (Fsp3) is 0.133. The first kappa shape index (κ1) is 26.2. The van der Waals surface area contributed by atoms with Gasteiger partial charge in [0, 0.05) is 24.7 Å². The van der Waals surface area contributed by atoms with Crippen LogP contribution >= 0.6 is 11.3 Å². The maximum Gasteiger partial charge on any atom is 0.260 e. The van der Waals surface area contributed by atoms with E-state index in [0.29, 0.717) is 19.5 Å². The summed E-state index contributed by atoms with van der Waals surface area (Å²) in [5.41, 5.74) is 3.16. The van der Waals surface area contributed by atoms with E-state index in [9.17, 15) is 22.0 Å². The van der Waals surface area contributed by atoms with E-state index in [4.69, 9.17) is 0 Å². The maximum absolute atomic E-state index is 14.4. The van der Waals surface area contributed by atoms with Gasteiger partial charge in [0.25, 0.3) is 5.91 Å². The SMILES string of the molecule is O=C(c1ccc(S(=O)(=O)N2CCc3ccccc3C2)cc1)N(Cc1ccccc1)c1nc2c(F)cc(F)cc2s1. The molecule has 0 spiro atoms. The number of rotatable bonds is 6. The molecule has 0 radical (unpaired) electrons. The van der Waals surface area contributed by atoms with Crippen LogP contribution in [0.2, 0.25) is 0 Å². The number of carbonyl (C=O) groups is 1. The van der Waals surface area contributed by atoms with Crippen LogP contribution in [0.4, 0.5) is 13.9 Å². The number of halogens is 2. The van der Waals surface area contributed by atoms with Gasteiger partial charge in [-0.25, -0.2) is 22.2 Å². The molecule has 4 aromatic carbocycles. The lowest BCUT2D eigenvalue weighted by Crippen LogP contribution is -2.36. The molecule has 0 atom stereocenters. The van der Waals surface area contributed by atoms with E-state index in [1.807, 2.05) is 54.6 Å². The highest BCUT2D eigenvalue weighted by Crippen LogP contribution is 2.33. The van der Waals surface area contributed by atoms with Gasteiger partial charge in [-0.1, -0.05) is 65.9 Å². The highest BCUT2D eigenvalue weighted by atomic mass is 32.2. The van der Waals surface area contributed by atoms with Crippen molar-refractivity contribution in [3.8, 4) is 0 Å². The van der Waals surface area contributed by atoms with Gasteiger partial charge in [0.2, 0.25) is 10.0 Å². The van der Waals surface area contributed by atoms with Crippen molar-refractivity contribution in [3.05, 3.63) is 125 Å². The molecule has 0 aliphatic carbocycles. The highest BCUT2D eigenvalue weighted by molar-refractivity contribution is 7.89. The number of carbonyl (C=O) groups excluding carboxylic acids is 1. The van der Waals surface area contributed by atoms with Crippen LogP contribution in [-0.4, -0.2) is 30.2 Å². The smallest absolute Gasteiger partial charge is 0.260 e. The molecule has 0 fully saturated rings. The number of nitrogens with zero attached hydrogens (tertiary/aromatic N) is 3.